The molecule has 0 saturated heterocycles. The molecule has 0 aliphatic heterocycles. The maximum Gasteiger partial charge on any atom is 0.331 e. The van der Waals surface area contributed by atoms with Crippen LogP contribution in [0.2, 0.25) is 0 Å². The Balaban J connectivity index is 0.00000181. The maximum absolute atomic E-state index is 12.9. The van der Waals surface area contributed by atoms with E-state index in [0.717, 1.165) is 24.8 Å². The number of aliphatic hydroxyl groups is 1. The molecular formula is C37H58O3. The van der Waals surface area contributed by atoms with Gasteiger partial charge in [0.15, 0.2) is 0 Å². The quantitative estimate of drug-likeness (QED) is 0.300. The number of carbonyl (C=O) groups is 1. The van der Waals surface area contributed by atoms with Crippen LogP contribution in [0.15, 0.2) is 36.4 Å². The third-order valence-electron chi connectivity index (χ3n) is 13.6. The van der Waals surface area contributed by atoms with E-state index in [9.17, 15) is 9.90 Å². The fraction of sp³-hybridized carbons (Fsp3) is 0.757. The van der Waals surface area contributed by atoms with Gasteiger partial charge in [-0.15, -0.1) is 0 Å². The van der Waals surface area contributed by atoms with Gasteiger partial charge in [-0.3, -0.25) is 0 Å². The Morgan fingerprint density at radius 2 is 1.55 bits per heavy atom. The van der Waals surface area contributed by atoms with E-state index < -0.39 is 0 Å². The molecule has 3 nitrogen and oxygen atoms in total. The first-order chi connectivity index (χ1) is 18.8. The van der Waals surface area contributed by atoms with Crippen LogP contribution in [0, 0.1) is 50.7 Å². The molecule has 4 fully saturated rings. The molecule has 0 amide bonds. The summed E-state index contributed by atoms with van der Waals surface area (Å²) >= 11 is 0. The van der Waals surface area contributed by atoms with Crippen LogP contribution in [0.25, 0.3) is 6.08 Å². The van der Waals surface area contributed by atoms with Crippen molar-refractivity contribution in [1.29, 1.82) is 0 Å². The lowest BCUT2D eigenvalue weighted by Gasteiger charge is -2.72. The van der Waals surface area contributed by atoms with Gasteiger partial charge in [0, 0.05) is 18.1 Å². The van der Waals surface area contributed by atoms with Crippen molar-refractivity contribution < 1.29 is 14.6 Å². The normalized spacial score (nSPS) is 43.9. The minimum Gasteiger partial charge on any atom is -0.459 e. The second kappa shape index (κ2) is 11.2. The Bertz CT molecular complexity index is 1060. The van der Waals surface area contributed by atoms with Crippen molar-refractivity contribution in [2.45, 2.75) is 120 Å². The van der Waals surface area contributed by atoms with Crippen LogP contribution in [0.1, 0.15) is 119 Å². The lowest BCUT2D eigenvalue weighted by molar-refractivity contribution is -0.249. The molecule has 5 rings (SSSR count). The number of rotatable bonds is 4. The molecule has 9 atom stereocenters. The van der Waals surface area contributed by atoms with Crippen molar-refractivity contribution >= 4 is 12.0 Å². The molecule has 40 heavy (non-hydrogen) atoms. The van der Waals surface area contributed by atoms with E-state index in [2.05, 4.69) is 48.5 Å². The highest BCUT2D eigenvalue weighted by Gasteiger charge is 2.69. The van der Waals surface area contributed by atoms with Crippen LogP contribution in [-0.2, 0) is 9.53 Å². The Labute approximate surface area is 245 Å². The van der Waals surface area contributed by atoms with Crippen LogP contribution in [0.4, 0.5) is 0 Å². The average Bonchev–Trinajstić information content (AvgIpc) is 2.94. The average molecular weight is 551 g/mol. The summed E-state index contributed by atoms with van der Waals surface area (Å²) in [5.41, 5.74) is 1.96. The highest BCUT2D eigenvalue weighted by atomic mass is 16.5. The molecule has 0 spiro atoms. The fourth-order valence-electron chi connectivity index (χ4n) is 10.8. The summed E-state index contributed by atoms with van der Waals surface area (Å²) in [7, 11) is 0. The van der Waals surface area contributed by atoms with Gasteiger partial charge in [0.25, 0.3) is 0 Å². The van der Waals surface area contributed by atoms with Gasteiger partial charge in [0.1, 0.15) is 6.10 Å². The van der Waals surface area contributed by atoms with Crippen molar-refractivity contribution in [2.75, 3.05) is 6.61 Å². The van der Waals surface area contributed by atoms with Crippen LogP contribution in [-0.4, -0.2) is 23.8 Å². The number of esters is 1. The number of benzene rings is 1. The Kier molecular flexibility index (Phi) is 8.80. The number of ether oxygens (including phenoxy) is 1. The monoisotopic (exact) mass is 550 g/mol. The largest absolute Gasteiger partial charge is 0.459 e. The number of fused-ring (bicyclic) bond motifs is 5. The molecule has 0 radical (unpaired) electrons. The molecule has 224 valence electrons. The first-order valence-corrected chi connectivity index (χ1v) is 16.4. The summed E-state index contributed by atoms with van der Waals surface area (Å²) in [6, 6.07) is 9.97. The Hall–Kier alpha value is -1.61. The minimum atomic E-state index is -0.215. The van der Waals surface area contributed by atoms with Gasteiger partial charge < -0.3 is 9.84 Å². The van der Waals surface area contributed by atoms with Crippen molar-refractivity contribution in [1.82, 2.24) is 0 Å². The van der Waals surface area contributed by atoms with Crippen molar-refractivity contribution in [3.63, 3.8) is 0 Å². The zero-order chi connectivity index (χ0) is 29.6. The summed E-state index contributed by atoms with van der Waals surface area (Å²) < 4.78 is 6.19. The zero-order valence-electron chi connectivity index (χ0n) is 27.1. The molecule has 4 aliphatic rings. The lowest BCUT2D eigenvalue weighted by atomic mass is 9.32. The first-order valence-electron chi connectivity index (χ1n) is 16.4. The molecule has 3 heteroatoms. The van der Waals surface area contributed by atoms with E-state index >= 15 is 0 Å². The predicted molar refractivity (Wildman–Crippen MR) is 167 cm³/mol. The maximum atomic E-state index is 12.9. The topological polar surface area (TPSA) is 46.5 Å². The number of hydrogen-bond acceptors (Lipinski definition) is 3. The zero-order valence-corrected chi connectivity index (χ0v) is 27.1. The van der Waals surface area contributed by atoms with Crippen LogP contribution < -0.4 is 0 Å². The number of aliphatic hydroxyl groups excluding tert-OH is 1. The molecule has 1 aromatic rings. The molecule has 1 N–H and O–H groups in total. The van der Waals surface area contributed by atoms with Gasteiger partial charge in [0.05, 0.1) is 0 Å². The summed E-state index contributed by atoms with van der Waals surface area (Å²) in [6.07, 6.45) is 13.0. The third-order valence-corrected chi connectivity index (χ3v) is 13.6. The Morgan fingerprint density at radius 1 is 0.875 bits per heavy atom. The SMILES string of the molecule is CC.CC1[C@H]2CC[C@@H]3[C@@]4(C)CC[C@H](OC(=O)/C=C/c5ccccc5)C(C)(C)[C@@H]4CC[C@@]3(C)[C@]2(C)CC[C@]1(C)CO. The summed E-state index contributed by atoms with van der Waals surface area (Å²) in [4.78, 5) is 12.9. The van der Waals surface area contributed by atoms with E-state index in [1.54, 1.807) is 6.08 Å². The fourth-order valence-corrected chi connectivity index (χ4v) is 10.8. The molecule has 4 saturated carbocycles. The smallest absolute Gasteiger partial charge is 0.331 e. The molecule has 0 heterocycles. The van der Waals surface area contributed by atoms with Gasteiger partial charge in [-0.2, -0.15) is 0 Å². The van der Waals surface area contributed by atoms with E-state index in [4.69, 9.17) is 4.74 Å². The third kappa shape index (κ3) is 4.81. The minimum absolute atomic E-state index is 0.0373. The molecule has 4 aliphatic carbocycles. The Morgan fingerprint density at radius 3 is 2.20 bits per heavy atom. The van der Waals surface area contributed by atoms with Gasteiger partial charge in [0.2, 0.25) is 0 Å². The number of carbonyl (C=O) groups excluding carboxylic acids is 1. The van der Waals surface area contributed by atoms with Crippen molar-refractivity contribution in [3.05, 3.63) is 42.0 Å². The van der Waals surface area contributed by atoms with Crippen LogP contribution in [0.3, 0.4) is 0 Å². The van der Waals surface area contributed by atoms with Crippen molar-refractivity contribution in [3.8, 4) is 0 Å². The highest BCUT2D eigenvalue weighted by Crippen LogP contribution is 2.75. The van der Waals surface area contributed by atoms with Gasteiger partial charge in [-0.25, -0.2) is 4.79 Å². The standard InChI is InChI=1S/C35H52O3.C2H6/c1-24-26-14-15-28-33(5)19-18-29(38-30(37)16-13-25-11-9-8-10-12-25)31(2,3)27(33)17-20-35(28,7)34(26,6)22-21-32(24,4)23-36;1-2/h8-13,16,24,26-29,36H,14-15,17-23H2,1-7H3;1-2H3/b16-13+;/t24?,26-,27+,28-,29+,32-,33+,34-,35-;/m1./s1. The van der Waals surface area contributed by atoms with E-state index in [0.29, 0.717) is 41.1 Å². The van der Waals surface area contributed by atoms with E-state index in [1.165, 1.54) is 32.1 Å². The van der Waals surface area contributed by atoms with E-state index in [1.807, 2.05) is 50.3 Å². The lowest BCUT2D eigenvalue weighted by Crippen LogP contribution is -2.66. The van der Waals surface area contributed by atoms with Crippen LogP contribution >= 0.6 is 0 Å². The van der Waals surface area contributed by atoms with Gasteiger partial charge in [-0.1, -0.05) is 92.6 Å². The molecule has 0 aromatic heterocycles. The summed E-state index contributed by atoms with van der Waals surface area (Å²) in [5, 5.41) is 10.3. The molecule has 1 aromatic carbocycles. The molecular weight excluding hydrogens is 492 g/mol. The molecule has 1 unspecified atom stereocenters. The molecule has 0 bridgehead atoms. The predicted octanol–water partition coefficient (Wildman–Crippen LogP) is 9.34. The second-order valence-electron chi connectivity index (χ2n) is 15.3. The van der Waals surface area contributed by atoms with Gasteiger partial charge >= 0.3 is 5.97 Å². The summed E-state index contributed by atoms with van der Waals surface area (Å²) in [6.45, 7) is 21.7. The first kappa shape index (κ1) is 31.3. The summed E-state index contributed by atoms with van der Waals surface area (Å²) in [5.74, 6) is 2.30. The highest BCUT2D eigenvalue weighted by molar-refractivity contribution is 5.87. The van der Waals surface area contributed by atoms with Crippen molar-refractivity contribution in [2.24, 2.45) is 50.7 Å². The second-order valence-corrected chi connectivity index (χ2v) is 15.3. The van der Waals surface area contributed by atoms with E-state index in [-0.39, 0.29) is 28.3 Å². The van der Waals surface area contributed by atoms with Crippen LogP contribution in [0.5, 0.6) is 0 Å². The number of hydrogen-bond donors (Lipinski definition) is 1. The van der Waals surface area contributed by atoms with Gasteiger partial charge in [-0.05, 0) is 108 Å².